The molecule has 3 nitrogen and oxygen atoms in total. The van der Waals surface area contributed by atoms with Gasteiger partial charge < -0.3 is 10.6 Å². The molecule has 0 radical (unpaired) electrons. The number of anilines is 1. The summed E-state index contributed by atoms with van der Waals surface area (Å²) in [6.45, 7) is 4.06. The van der Waals surface area contributed by atoms with Gasteiger partial charge in [0.15, 0.2) is 5.13 Å². The van der Waals surface area contributed by atoms with Gasteiger partial charge in [-0.3, -0.25) is 0 Å². The normalized spacial score (nSPS) is 16.2. The molecular formula is C15H19N3S. The lowest BCUT2D eigenvalue weighted by Gasteiger charge is -2.28. The third kappa shape index (κ3) is 2.80. The highest BCUT2D eigenvalue weighted by Crippen LogP contribution is 2.27. The maximum Gasteiger partial charge on any atom is 0.185 e. The van der Waals surface area contributed by atoms with E-state index < -0.39 is 0 Å². The molecular weight excluding hydrogens is 254 g/mol. The second-order valence-electron chi connectivity index (χ2n) is 5.24. The molecule has 0 bridgehead atoms. The molecule has 100 valence electrons. The average molecular weight is 273 g/mol. The SMILES string of the molecule is CC(N)Cc1csc(N2CCc3ccccc3C2)n1. The van der Waals surface area contributed by atoms with Crippen molar-refractivity contribution >= 4 is 16.5 Å². The third-order valence-electron chi connectivity index (χ3n) is 3.47. The van der Waals surface area contributed by atoms with Crippen LogP contribution in [-0.2, 0) is 19.4 Å². The van der Waals surface area contributed by atoms with Crippen molar-refractivity contribution in [3.05, 3.63) is 46.5 Å². The quantitative estimate of drug-likeness (QED) is 0.934. The van der Waals surface area contributed by atoms with Crippen LogP contribution in [0.1, 0.15) is 23.7 Å². The monoisotopic (exact) mass is 273 g/mol. The lowest BCUT2D eigenvalue weighted by molar-refractivity contribution is 0.709. The Balaban J connectivity index is 1.76. The van der Waals surface area contributed by atoms with Gasteiger partial charge in [0.2, 0.25) is 0 Å². The summed E-state index contributed by atoms with van der Waals surface area (Å²) in [6.07, 6.45) is 1.97. The second-order valence-corrected chi connectivity index (χ2v) is 6.08. The summed E-state index contributed by atoms with van der Waals surface area (Å²) < 4.78 is 0. The summed E-state index contributed by atoms with van der Waals surface area (Å²) in [5, 5.41) is 3.27. The van der Waals surface area contributed by atoms with Gasteiger partial charge in [-0.2, -0.15) is 0 Å². The van der Waals surface area contributed by atoms with Crippen molar-refractivity contribution in [1.29, 1.82) is 0 Å². The average Bonchev–Trinajstić information content (AvgIpc) is 2.86. The number of hydrogen-bond donors (Lipinski definition) is 1. The van der Waals surface area contributed by atoms with Crippen molar-refractivity contribution < 1.29 is 0 Å². The number of nitrogens with zero attached hydrogens (tertiary/aromatic N) is 2. The minimum Gasteiger partial charge on any atom is -0.343 e. The summed E-state index contributed by atoms with van der Waals surface area (Å²) in [6, 6.07) is 8.87. The minimum absolute atomic E-state index is 0.178. The van der Waals surface area contributed by atoms with E-state index in [1.807, 2.05) is 6.92 Å². The Morgan fingerprint density at radius 3 is 2.95 bits per heavy atom. The molecule has 0 spiro atoms. The Bertz CT molecular complexity index is 562. The first-order valence-electron chi connectivity index (χ1n) is 6.74. The van der Waals surface area contributed by atoms with E-state index in [2.05, 4.69) is 34.5 Å². The zero-order valence-electron chi connectivity index (χ0n) is 11.2. The molecule has 1 aromatic carbocycles. The van der Waals surface area contributed by atoms with Crippen molar-refractivity contribution in [2.45, 2.75) is 32.4 Å². The smallest absolute Gasteiger partial charge is 0.185 e. The van der Waals surface area contributed by atoms with Crippen molar-refractivity contribution in [1.82, 2.24) is 4.98 Å². The first-order valence-corrected chi connectivity index (χ1v) is 7.62. The zero-order valence-corrected chi connectivity index (χ0v) is 12.0. The molecule has 0 fully saturated rings. The summed E-state index contributed by atoms with van der Waals surface area (Å²) in [7, 11) is 0. The van der Waals surface area contributed by atoms with Gasteiger partial charge in [-0.15, -0.1) is 11.3 Å². The van der Waals surface area contributed by atoms with E-state index in [-0.39, 0.29) is 6.04 Å². The molecule has 0 amide bonds. The van der Waals surface area contributed by atoms with Gasteiger partial charge in [-0.1, -0.05) is 24.3 Å². The number of fused-ring (bicyclic) bond motifs is 1. The second kappa shape index (κ2) is 5.31. The Kier molecular flexibility index (Phi) is 3.53. The molecule has 0 aliphatic carbocycles. The van der Waals surface area contributed by atoms with Crippen LogP contribution < -0.4 is 10.6 Å². The fourth-order valence-corrected chi connectivity index (χ4v) is 3.39. The minimum atomic E-state index is 0.178. The molecule has 0 saturated carbocycles. The molecule has 1 aliphatic heterocycles. The highest BCUT2D eigenvalue weighted by atomic mass is 32.1. The standard InChI is InChI=1S/C15H19N3S/c1-11(16)8-14-10-19-15(17-14)18-7-6-12-4-2-3-5-13(12)9-18/h2-5,10-11H,6-9,16H2,1H3. The number of rotatable bonds is 3. The fourth-order valence-electron chi connectivity index (χ4n) is 2.52. The Hall–Kier alpha value is -1.39. The predicted octanol–water partition coefficient (Wildman–Crippen LogP) is 2.60. The molecule has 1 aromatic heterocycles. The van der Waals surface area contributed by atoms with Crippen LogP contribution in [-0.4, -0.2) is 17.6 Å². The first kappa shape index (κ1) is 12.6. The number of nitrogens with two attached hydrogens (primary N) is 1. The summed E-state index contributed by atoms with van der Waals surface area (Å²) >= 11 is 1.73. The first-order chi connectivity index (χ1) is 9.22. The van der Waals surface area contributed by atoms with E-state index >= 15 is 0 Å². The largest absolute Gasteiger partial charge is 0.343 e. The Morgan fingerprint density at radius 2 is 2.16 bits per heavy atom. The molecule has 2 aromatic rings. The van der Waals surface area contributed by atoms with Gasteiger partial charge in [-0.25, -0.2) is 4.98 Å². The van der Waals surface area contributed by atoms with Gasteiger partial charge in [0.25, 0.3) is 0 Å². The van der Waals surface area contributed by atoms with Crippen LogP contribution in [0.25, 0.3) is 0 Å². The fraction of sp³-hybridized carbons (Fsp3) is 0.400. The number of aromatic nitrogens is 1. The van der Waals surface area contributed by atoms with Crippen LogP contribution in [0, 0.1) is 0 Å². The van der Waals surface area contributed by atoms with E-state index in [1.54, 1.807) is 11.3 Å². The molecule has 1 atom stereocenters. The molecule has 0 saturated heterocycles. The number of hydrogen-bond acceptors (Lipinski definition) is 4. The van der Waals surface area contributed by atoms with E-state index in [1.165, 1.54) is 11.1 Å². The molecule has 3 rings (SSSR count). The van der Waals surface area contributed by atoms with Crippen LogP contribution in [0.3, 0.4) is 0 Å². The van der Waals surface area contributed by atoms with E-state index in [4.69, 9.17) is 10.7 Å². The molecule has 4 heteroatoms. The maximum atomic E-state index is 5.83. The molecule has 1 unspecified atom stereocenters. The van der Waals surface area contributed by atoms with E-state index in [0.29, 0.717) is 0 Å². The summed E-state index contributed by atoms with van der Waals surface area (Å²) in [4.78, 5) is 7.08. The van der Waals surface area contributed by atoms with Crippen LogP contribution in [0.5, 0.6) is 0 Å². The van der Waals surface area contributed by atoms with Crippen LogP contribution in [0.2, 0.25) is 0 Å². The molecule has 2 N–H and O–H groups in total. The number of benzene rings is 1. The highest BCUT2D eigenvalue weighted by molar-refractivity contribution is 7.13. The van der Waals surface area contributed by atoms with Crippen molar-refractivity contribution in [3.8, 4) is 0 Å². The van der Waals surface area contributed by atoms with Gasteiger partial charge in [0.05, 0.1) is 5.69 Å². The van der Waals surface area contributed by atoms with Crippen molar-refractivity contribution in [2.24, 2.45) is 5.73 Å². The van der Waals surface area contributed by atoms with Crippen molar-refractivity contribution in [3.63, 3.8) is 0 Å². The van der Waals surface area contributed by atoms with Crippen LogP contribution >= 0.6 is 11.3 Å². The van der Waals surface area contributed by atoms with Gasteiger partial charge >= 0.3 is 0 Å². The lowest BCUT2D eigenvalue weighted by Crippen LogP contribution is -2.30. The molecule has 19 heavy (non-hydrogen) atoms. The van der Waals surface area contributed by atoms with Crippen molar-refractivity contribution in [2.75, 3.05) is 11.4 Å². The summed E-state index contributed by atoms with van der Waals surface area (Å²) in [5.41, 5.74) is 9.85. The number of thiazole rings is 1. The predicted molar refractivity (Wildman–Crippen MR) is 80.7 cm³/mol. The third-order valence-corrected chi connectivity index (χ3v) is 4.42. The zero-order chi connectivity index (χ0) is 13.2. The van der Waals surface area contributed by atoms with Gasteiger partial charge in [0, 0.05) is 30.9 Å². The molecule has 2 heterocycles. The van der Waals surface area contributed by atoms with Gasteiger partial charge in [-0.05, 0) is 24.5 Å². The topological polar surface area (TPSA) is 42.1 Å². The van der Waals surface area contributed by atoms with Crippen LogP contribution in [0.15, 0.2) is 29.6 Å². The Morgan fingerprint density at radius 1 is 1.37 bits per heavy atom. The lowest BCUT2D eigenvalue weighted by atomic mass is 10.0. The maximum absolute atomic E-state index is 5.83. The van der Waals surface area contributed by atoms with E-state index in [0.717, 1.165) is 36.8 Å². The highest BCUT2D eigenvalue weighted by Gasteiger charge is 2.18. The summed E-state index contributed by atoms with van der Waals surface area (Å²) in [5.74, 6) is 0. The Labute approximate surface area is 118 Å². The molecule has 1 aliphatic rings. The van der Waals surface area contributed by atoms with Gasteiger partial charge in [0.1, 0.15) is 0 Å². The van der Waals surface area contributed by atoms with E-state index in [9.17, 15) is 0 Å². The van der Waals surface area contributed by atoms with Crippen LogP contribution in [0.4, 0.5) is 5.13 Å².